The van der Waals surface area contributed by atoms with Crippen molar-refractivity contribution in [3.63, 3.8) is 0 Å². The third kappa shape index (κ3) is 3.22. The van der Waals surface area contributed by atoms with Crippen molar-refractivity contribution >= 4 is 11.3 Å². The SMILES string of the molecule is COc1ccc(OCc2ncc(CC#N)s2)cc1. The average Bonchev–Trinajstić information content (AvgIpc) is 2.85. The molecule has 2 rings (SSSR count). The summed E-state index contributed by atoms with van der Waals surface area (Å²) in [6.07, 6.45) is 2.13. The van der Waals surface area contributed by atoms with Gasteiger partial charge in [0.2, 0.25) is 0 Å². The Labute approximate surface area is 109 Å². The monoisotopic (exact) mass is 260 g/mol. The van der Waals surface area contributed by atoms with Crippen molar-refractivity contribution in [1.82, 2.24) is 4.98 Å². The molecule has 1 heterocycles. The van der Waals surface area contributed by atoms with E-state index in [9.17, 15) is 0 Å². The minimum absolute atomic E-state index is 0.403. The number of methoxy groups -OCH3 is 1. The van der Waals surface area contributed by atoms with Gasteiger partial charge in [0.05, 0.1) is 19.6 Å². The Balaban J connectivity index is 1.91. The van der Waals surface area contributed by atoms with Gasteiger partial charge in [0.15, 0.2) is 0 Å². The van der Waals surface area contributed by atoms with Gasteiger partial charge in [-0.2, -0.15) is 5.26 Å². The first-order valence-electron chi connectivity index (χ1n) is 5.39. The molecule has 92 valence electrons. The molecular weight excluding hydrogens is 248 g/mol. The molecule has 0 radical (unpaired) electrons. The van der Waals surface area contributed by atoms with E-state index in [4.69, 9.17) is 14.7 Å². The molecule has 1 aromatic carbocycles. The molecule has 1 aromatic heterocycles. The lowest BCUT2D eigenvalue weighted by molar-refractivity contribution is 0.305. The Bertz CT molecular complexity index is 543. The standard InChI is InChI=1S/C13H12N2O2S/c1-16-10-2-4-11(5-3-10)17-9-13-15-8-12(18-13)6-7-14/h2-5,8H,6,9H2,1H3. The second-order valence-corrected chi connectivity index (χ2v) is 4.72. The third-order valence-electron chi connectivity index (χ3n) is 2.28. The predicted molar refractivity (Wildman–Crippen MR) is 68.8 cm³/mol. The van der Waals surface area contributed by atoms with Crippen molar-refractivity contribution < 1.29 is 9.47 Å². The van der Waals surface area contributed by atoms with Gasteiger partial charge in [-0.1, -0.05) is 0 Å². The summed E-state index contributed by atoms with van der Waals surface area (Å²) >= 11 is 1.50. The predicted octanol–water partition coefficient (Wildman–Crippen LogP) is 2.80. The summed E-state index contributed by atoms with van der Waals surface area (Å²) in [5, 5.41) is 9.44. The number of aromatic nitrogens is 1. The Kier molecular flexibility index (Phi) is 4.15. The smallest absolute Gasteiger partial charge is 0.140 e. The van der Waals surface area contributed by atoms with E-state index in [1.165, 1.54) is 11.3 Å². The minimum Gasteiger partial charge on any atom is -0.497 e. The van der Waals surface area contributed by atoms with E-state index in [2.05, 4.69) is 11.1 Å². The first kappa shape index (κ1) is 12.4. The molecule has 0 aliphatic heterocycles. The van der Waals surface area contributed by atoms with Crippen molar-refractivity contribution in [2.24, 2.45) is 0 Å². The number of rotatable bonds is 5. The molecule has 0 unspecified atom stereocenters. The van der Waals surface area contributed by atoms with Crippen LogP contribution in [0, 0.1) is 11.3 Å². The normalized spacial score (nSPS) is 9.78. The number of nitrogens with zero attached hydrogens (tertiary/aromatic N) is 2. The highest BCUT2D eigenvalue weighted by atomic mass is 32.1. The van der Waals surface area contributed by atoms with E-state index in [1.54, 1.807) is 13.3 Å². The molecule has 0 aliphatic rings. The number of nitriles is 1. The first-order valence-corrected chi connectivity index (χ1v) is 6.21. The van der Waals surface area contributed by atoms with Gasteiger partial charge in [-0.3, -0.25) is 0 Å². The van der Waals surface area contributed by atoms with E-state index < -0.39 is 0 Å². The van der Waals surface area contributed by atoms with Gasteiger partial charge in [0.25, 0.3) is 0 Å². The van der Waals surface area contributed by atoms with Gasteiger partial charge in [0, 0.05) is 11.1 Å². The van der Waals surface area contributed by atoms with Gasteiger partial charge < -0.3 is 9.47 Å². The van der Waals surface area contributed by atoms with Gasteiger partial charge in [-0.15, -0.1) is 11.3 Å². The summed E-state index contributed by atoms with van der Waals surface area (Å²) < 4.78 is 10.7. The van der Waals surface area contributed by atoms with Crippen LogP contribution in [0.2, 0.25) is 0 Å². The summed E-state index contributed by atoms with van der Waals surface area (Å²) in [7, 11) is 1.63. The van der Waals surface area contributed by atoms with Gasteiger partial charge >= 0.3 is 0 Å². The lowest BCUT2D eigenvalue weighted by Gasteiger charge is -2.04. The lowest BCUT2D eigenvalue weighted by atomic mass is 10.3. The fourth-order valence-corrected chi connectivity index (χ4v) is 2.16. The van der Waals surface area contributed by atoms with Crippen molar-refractivity contribution in [1.29, 1.82) is 5.26 Å². The Morgan fingerprint density at radius 1 is 1.28 bits per heavy atom. The maximum Gasteiger partial charge on any atom is 0.140 e. The number of benzene rings is 1. The van der Waals surface area contributed by atoms with E-state index in [-0.39, 0.29) is 0 Å². The molecule has 0 bridgehead atoms. The van der Waals surface area contributed by atoms with Crippen molar-refractivity contribution in [2.45, 2.75) is 13.0 Å². The molecule has 0 saturated heterocycles. The maximum atomic E-state index is 8.57. The van der Waals surface area contributed by atoms with Crippen LogP contribution in [0.4, 0.5) is 0 Å². The van der Waals surface area contributed by atoms with Crippen LogP contribution < -0.4 is 9.47 Å². The molecule has 5 heteroatoms. The fraction of sp³-hybridized carbons (Fsp3) is 0.231. The lowest BCUT2D eigenvalue weighted by Crippen LogP contribution is -1.94. The van der Waals surface area contributed by atoms with Crippen LogP contribution in [0.15, 0.2) is 30.5 Å². The zero-order valence-corrected chi connectivity index (χ0v) is 10.7. The molecule has 0 atom stereocenters. The average molecular weight is 260 g/mol. The molecule has 4 nitrogen and oxygen atoms in total. The van der Waals surface area contributed by atoms with E-state index >= 15 is 0 Å². The zero-order chi connectivity index (χ0) is 12.8. The highest BCUT2D eigenvalue weighted by Gasteiger charge is 2.03. The summed E-state index contributed by atoms with van der Waals surface area (Å²) in [5.74, 6) is 1.57. The Morgan fingerprint density at radius 3 is 2.67 bits per heavy atom. The molecule has 18 heavy (non-hydrogen) atoms. The quantitative estimate of drug-likeness (QED) is 0.829. The van der Waals surface area contributed by atoms with Crippen LogP contribution in [0.1, 0.15) is 9.88 Å². The van der Waals surface area contributed by atoms with Crippen LogP contribution in [-0.2, 0) is 13.0 Å². The topological polar surface area (TPSA) is 55.1 Å². The van der Waals surface area contributed by atoms with Crippen LogP contribution in [-0.4, -0.2) is 12.1 Å². The molecule has 0 amide bonds. The highest BCUT2D eigenvalue weighted by Crippen LogP contribution is 2.19. The van der Waals surface area contributed by atoms with Crippen LogP contribution in [0.3, 0.4) is 0 Å². The van der Waals surface area contributed by atoms with Gasteiger partial charge in [-0.05, 0) is 24.3 Å². The summed E-state index contributed by atoms with van der Waals surface area (Å²) in [4.78, 5) is 5.17. The molecule has 0 fully saturated rings. The zero-order valence-electron chi connectivity index (χ0n) is 9.92. The van der Waals surface area contributed by atoms with E-state index in [0.29, 0.717) is 13.0 Å². The molecule has 0 spiro atoms. The van der Waals surface area contributed by atoms with Crippen molar-refractivity contribution in [2.75, 3.05) is 7.11 Å². The molecule has 2 aromatic rings. The number of hydrogen-bond donors (Lipinski definition) is 0. The van der Waals surface area contributed by atoms with Crippen molar-refractivity contribution in [3.8, 4) is 17.6 Å². The molecule has 0 saturated carbocycles. The second-order valence-electron chi connectivity index (χ2n) is 3.52. The Hall–Kier alpha value is -2.06. The number of thiazole rings is 1. The third-order valence-corrected chi connectivity index (χ3v) is 3.25. The summed E-state index contributed by atoms with van der Waals surface area (Å²) in [6, 6.07) is 9.49. The first-order chi connectivity index (χ1) is 8.81. The molecule has 0 aliphatic carbocycles. The van der Waals surface area contributed by atoms with E-state index in [0.717, 1.165) is 21.4 Å². The van der Waals surface area contributed by atoms with E-state index in [1.807, 2.05) is 24.3 Å². The van der Waals surface area contributed by atoms with Crippen LogP contribution >= 0.6 is 11.3 Å². The van der Waals surface area contributed by atoms with Crippen molar-refractivity contribution in [3.05, 3.63) is 40.3 Å². The maximum absolute atomic E-state index is 8.57. The number of ether oxygens (including phenoxy) is 2. The largest absolute Gasteiger partial charge is 0.497 e. The van der Waals surface area contributed by atoms with Gasteiger partial charge in [-0.25, -0.2) is 4.98 Å². The highest BCUT2D eigenvalue weighted by molar-refractivity contribution is 7.11. The second kappa shape index (κ2) is 6.03. The van der Waals surface area contributed by atoms with Crippen LogP contribution in [0.5, 0.6) is 11.5 Å². The summed E-state index contributed by atoms with van der Waals surface area (Å²) in [6.45, 7) is 0.419. The number of hydrogen-bond acceptors (Lipinski definition) is 5. The van der Waals surface area contributed by atoms with Crippen LogP contribution in [0.25, 0.3) is 0 Å². The minimum atomic E-state index is 0.403. The van der Waals surface area contributed by atoms with Gasteiger partial charge in [0.1, 0.15) is 23.1 Å². The Morgan fingerprint density at radius 2 is 2.00 bits per heavy atom. The molecule has 0 N–H and O–H groups in total. The molecular formula is C13H12N2O2S. The summed E-state index contributed by atoms with van der Waals surface area (Å²) in [5.41, 5.74) is 0. The fourth-order valence-electron chi connectivity index (χ4n) is 1.39.